The van der Waals surface area contributed by atoms with Crippen LogP contribution in [0.3, 0.4) is 0 Å². The van der Waals surface area contributed by atoms with Crippen molar-refractivity contribution in [1.29, 1.82) is 0 Å². The molecule has 2 rings (SSSR count). The van der Waals surface area contributed by atoms with Gasteiger partial charge in [-0.2, -0.15) is 0 Å². The average Bonchev–Trinajstić information content (AvgIpc) is 2.80. The zero-order valence-electron chi connectivity index (χ0n) is 20.9. The summed E-state index contributed by atoms with van der Waals surface area (Å²) >= 11 is 0. The van der Waals surface area contributed by atoms with E-state index in [2.05, 4.69) is 6.58 Å². The molecule has 7 heteroatoms. The van der Waals surface area contributed by atoms with E-state index in [1.165, 1.54) is 0 Å². The molecular formula is C28H34O7. The predicted molar refractivity (Wildman–Crippen MR) is 133 cm³/mol. The van der Waals surface area contributed by atoms with Gasteiger partial charge in [0.2, 0.25) is 0 Å². The molecule has 35 heavy (non-hydrogen) atoms. The highest BCUT2D eigenvalue weighted by Gasteiger charge is 2.18. The van der Waals surface area contributed by atoms with E-state index < -0.39 is 17.5 Å². The summed E-state index contributed by atoms with van der Waals surface area (Å²) in [5.41, 5.74) is 0.595. The SMILES string of the molecule is C=C(C)C(=O)OCCCCCCOc1ccc(C(=O)Oc2ccc(C(=O)OC(C)(C)C)cc2)cc1. The lowest BCUT2D eigenvalue weighted by atomic mass is 10.1. The van der Waals surface area contributed by atoms with E-state index in [9.17, 15) is 14.4 Å². The molecule has 0 unspecified atom stereocenters. The van der Waals surface area contributed by atoms with Gasteiger partial charge in [-0.05, 0) is 102 Å². The van der Waals surface area contributed by atoms with Crippen LogP contribution in [-0.4, -0.2) is 36.7 Å². The van der Waals surface area contributed by atoms with Crippen molar-refractivity contribution in [1.82, 2.24) is 0 Å². The van der Waals surface area contributed by atoms with Crippen LogP contribution in [0.1, 0.15) is 74.1 Å². The van der Waals surface area contributed by atoms with Crippen molar-refractivity contribution < 1.29 is 33.3 Å². The molecular weight excluding hydrogens is 448 g/mol. The maximum Gasteiger partial charge on any atom is 0.343 e. The van der Waals surface area contributed by atoms with Crippen LogP contribution < -0.4 is 9.47 Å². The lowest BCUT2D eigenvalue weighted by Crippen LogP contribution is -2.23. The average molecular weight is 483 g/mol. The molecule has 0 saturated heterocycles. The number of hydrogen-bond donors (Lipinski definition) is 0. The summed E-state index contributed by atoms with van der Waals surface area (Å²) < 4.78 is 21.5. The molecule has 0 heterocycles. The second-order valence-electron chi connectivity index (χ2n) is 9.12. The lowest BCUT2D eigenvalue weighted by Gasteiger charge is -2.19. The Morgan fingerprint density at radius 1 is 0.743 bits per heavy atom. The Hall–Kier alpha value is -3.61. The summed E-state index contributed by atoms with van der Waals surface area (Å²) in [6.07, 6.45) is 3.58. The van der Waals surface area contributed by atoms with E-state index in [1.54, 1.807) is 76.2 Å². The van der Waals surface area contributed by atoms with Crippen LogP contribution in [0.15, 0.2) is 60.7 Å². The van der Waals surface area contributed by atoms with Crippen LogP contribution in [0, 0.1) is 0 Å². The smallest absolute Gasteiger partial charge is 0.343 e. The Morgan fingerprint density at radius 3 is 1.80 bits per heavy atom. The van der Waals surface area contributed by atoms with Gasteiger partial charge in [0.15, 0.2) is 0 Å². The second kappa shape index (κ2) is 13.3. The molecule has 7 nitrogen and oxygen atoms in total. The van der Waals surface area contributed by atoms with Crippen molar-refractivity contribution in [3.8, 4) is 11.5 Å². The molecule has 2 aromatic carbocycles. The Kier molecular flexibility index (Phi) is 10.5. The van der Waals surface area contributed by atoms with Gasteiger partial charge in [-0.3, -0.25) is 0 Å². The van der Waals surface area contributed by atoms with Gasteiger partial charge in [-0.25, -0.2) is 14.4 Å². The molecule has 0 aliphatic carbocycles. The molecule has 0 N–H and O–H groups in total. The Bertz CT molecular complexity index is 999. The van der Waals surface area contributed by atoms with E-state index in [-0.39, 0.29) is 5.97 Å². The zero-order valence-corrected chi connectivity index (χ0v) is 20.9. The Labute approximate surface area is 207 Å². The van der Waals surface area contributed by atoms with Crippen LogP contribution in [-0.2, 0) is 14.3 Å². The van der Waals surface area contributed by atoms with E-state index in [0.29, 0.717) is 41.4 Å². The van der Waals surface area contributed by atoms with E-state index in [0.717, 1.165) is 25.7 Å². The molecule has 2 aromatic rings. The van der Waals surface area contributed by atoms with Crippen molar-refractivity contribution in [3.63, 3.8) is 0 Å². The fourth-order valence-corrected chi connectivity index (χ4v) is 2.89. The van der Waals surface area contributed by atoms with Crippen LogP contribution >= 0.6 is 0 Å². The molecule has 0 spiro atoms. The number of unbranched alkanes of at least 4 members (excludes halogenated alkanes) is 3. The number of carbonyl (C=O) groups is 3. The zero-order chi connectivity index (χ0) is 25.8. The minimum absolute atomic E-state index is 0.331. The fourth-order valence-electron chi connectivity index (χ4n) is 2.89. The minimum atomic E-state index is -0.583. The first kappa shape index (κ1) is 27.6. The first-order valence-electron chi connectivity index (χ1n) is 11.7. The largest absolute Gasteiger partial charge is 0.494 e. The standard InChI is InChI=1S/C28H34O7/c1-20(2)25(29)33-19-9-7-6-8-18-32-23-14-10-21(11-15-23)26(30)34-24-16-12-22(13-17-24)27(31)35-28(3,4)5/h10-17H,1,6-9,18-19H2,2-5H3. The van der Waals surface area contributed by atoms with Crippen molar-refractivity contribution in [3.05, 3.63) is 71.8 Å². The summed E-state index contributed by atoms with van der Waals surface area (Å²) in [5, 5.41) is 0. The quantitative estimate of drug-likeness (QED) is 0.161. The van der Waals surface area contributed by atoms with E-state index in [1.807, 2.05) is 0 Å². The molecule has 0 aromatic heterocycles. The Balaban J connectivity index is 1.70. The predicted octanol–water partition coefficient (Wildman–Crippen LogP) is 5.92. The first-order chi connectivity index (χ1) is 16.5. The van der Waals surface area contributed by atoms with Crippen molar-refractivity contribution >= 4 is 17.9 Å². The normalized spacial score (nSPS) is 10.9. The van der Waals surface area contributed by atoms with Gasteiger partial charge < -0.3 is 18.9 Å². The summed E-state index contributed by atoms with van der Waals surface area (Å²) in [6.45, 7) is 11.5. The monoisotopic (exact) mass is 482 g/mol. The fraction of sp³-hybridized carbons (Fsp3) is 0.393. The number of rotatable bonds is 12. The summed E-state index contributed by atoms with van der Waals surface area (Å²) in [5.74, 6) is -0.295. The molecule has 0 saturated carbocycles. The highest BCUT2D eigenvalue weighted by molar-refractivity contribution is 5.92. The summed E-state index contributed by atoms with van der Waals surface area (Å²) in [4.78, 5) is 35.8. The molecule has 0 radical (unpaired) electrons. The number of carbonyl (C=O) groups excluding carboxylic acids is 3. The molecule has 0 atom stereocenters. The van der Waals surface area contributed by atoms with E-state index in [4.69, 9.17) is 18.9 Å². The maximum atomic E-state index is 12.4. The highest BCUT2D eigenvalue weighted by atomic mass is 16.6. The molecule has 0 amide bonds. The summed E-state index contributed by atoms with van der Waals surface area (Å²) in [6, 6.07) is 13.0. The van der Waals surface area contributed by atoms with Crippen molar-refractivity contribution in [2.75, 3.05) is 13.2 Å². The molecule has 0 fully saturated rings. The van der Waals surface area contributed by atoms with Crippen LogP contribution in [0.4, 0.5) is 0 Å². The van der Waals surface area contributed by atoms with Crippen LogP contribution in [0.25, 0.3) is 0 Å². The van der Waals surface area contributed by atoms with Gasteiger partial charge in [0, 0.05) is 5.57 Å². The number of hydrogen-bond acceptors (Lipinski definition) is 7. The van der Waals surface area contributed by atoms with Crippen LogP contribution in [0.5, 0.6) is 11.5 Å². The lowest BCUT2D eigenvalue weighted by molar-refractivity contribution is -0.139. The van der Waals surface area contributed by atoms with Crippen molar-refractivity contribution in [2.45, 2.75) is 59.0 Å². The molecule has 0 aliphatic heterocycles. The number of ether oxygens (including phenoxy) is 4. The third kappa shape index (κ3) is 10.5. The third-order valence-electron chi connectivity index (χ3n) is 4.68. The van der Waals surface area contributed by atoms with E-state index >= 15 is 0 Å². The molecule has 0 bridgehead atoms. The summed E-state index contributed by atoms with van der Waals surface area (Å²) in [7, 11) is 0. The third-order valence-corrected chi connectivity index (χ3v) is 4.68. The minimum Gasteiger partial charge on any atom is -0.494 e. The highest BCUT2D eigenvalue weighted by Crippen LogP contribution is 2.19. The Morgan fingerprint density at radius 2 is 1.26 bits per heavy atom. The van der Waals surface area contributed by atoms with Crippen molar-refractivity contribution in [2.24, 2.45) is 0 Å². The van der Waals surface area contributed by atoms with Gasteiger partial charge in [0.05, 0.1) is 24.3 Å². The first-order valence-corrected chi connectivity index (χ1v) is 11.7. The molecule has 0 aliphatic rings. The number of benzene rings is 2. The van der Waals surface area contributed by atoms with Gasteiger partial charge >= 0.3 is 17.9 Å². The van der Waals surface area contributed by atoms with Gasteiger partial charge in [0.1, 0.15) is 17.1 Å². The van der Waals surface area contributed by atoms with Gasteiger partial charge in [-0.15, -0.1) is 0 Å². The van der Waals surface area contributed by atoms with Gasteiger partial charge in [-0.1, -0.05) is 6.58 Å². The van der Waals surface area contributed by atoms with Gasteiger partial charge in [0.25, 0.3) is 0 Å². The van der Waals surface area contributed by atoms with Crippen LogP contribution in [0.2, 0.25) is 0 Å². The topological polar surface area (TPSA) is 88.1 Å². The molecule has 188 valence electrons. The maximum absolute atomic E-state index is 12.4. The number of esters is 3. The second-order valence-corrected chi connectivity index (χ2v) is 9.12.